The van der Waals surface area contributed by atoms with Crippen molar-refractivity contribution in [3.63, 3.8) is 0 Å². The Balaban J connectivity index is 2.09. The van der Waals surface area contributed by atoms with Crippen LogP contribution in [0.15, 0.2) is 29.2 Å². The Morgan fingerprint density at radius 3 is 2.87 bits per heavy atom. The van der Waals surface area contributed by atoms with Crippen molar-refractivity contribution in [2.24, 2.45) is 0 Å². The van der Waals surface area contributed by atoms with Gasteiger partial charge in [-0.15, -0.1) is 11.3 Å². The van der Waals surface area contributed by atoms with Gasteiger partial charge in [-0.3, -0.25) is 4.79 Å². The smallest absolute Gasteiger partial charge is 0.276 e. The molecule has 15 heavy (non-hydrogen) atoms. The SMILES string of the molecule is O=C(Nc1ccc(Cl)cn1)c1cscn1. The molecule has 0 aliphatic carbocycles. The minimum atomic E-state index is -0.272. The van der Waals surface area contributed by atoms with Crippen LogP contribution in [-0.4, -0.2) is 15.9 Å². The third-order valence-electron chi connectivity index (χ3n) is 1.63. The van der Waals surface area contributed by atoms with Gasteiger partial charge in [-0.25, -0.2) is 9.97 Å². The van der Waals surface area contributed by atoms with Crippen LogP contribution in [0, 0.1) is 0 Å². The Hall–Kier alpha value is -1.46. The van der Waals surface area contributed by atoms with Gasteiger partial charge < -0.3 is 5.32 Å². The molecule has 0 aliphatic rings. The number of anilines is 1. The van der Waals surface area contributed by atoms with Crippen LogP contribution in [0.4, 0.5) is 5.82 Å². The van der Waals surface area contributed by atoms with Crippen LogP contribution in [0.5, 0.6) is 0 Å². The van der Waals surface area contributed by atoms with Crippen molar-refractivity contribution in [2.75, 3.05) is 5.32 Å². The molecule has 0 radical (unpaired) electrons. The lowest BCUT2D eigenvalue weighted by Gasteiger charge is -2.01. The van der Waals surface area contributed by atoms with Crippen molar-refractivity contribution >= 4 is 34.7 Å². The molecule has 2 heterocycles. The zero-order valence-electron chi connectivity index (χ0n) is 7.48. The average Bonchev–Trinajstić information content (AvgIpc) is 2.74. The molecule has 76 valence electrons. The Labute approximate surface area is 94.9 Å². The van der Waals surface area contributed by atoms with Crippen molar-refractivity contribution in [2.45, 2.75) is 0 Å². The molecule has 0 atom stereocenters. The first-order chi connectivity index (χ1) is 7.25. The molecule has 0 spiro atoms. The topological polar surface area (TPSA) is 54.9 Å². The number of carbonyl (C=O) groups is 1. The summed E-state index contributed by atoms with van der Waals surface area (Å²) in [5, 5.41) is 4.81. The monoisotopic (exact) mass is 239 g/mol. The predicted molar refractivity (Wildman–Crippen MR) is 59.3 cm³/mol. The molecule has 0 saturated carbocycles. The molecule has 1 N–H and O–H groups in total. The summed E-state index contributed by atoms with van der Waals surface area (Å²) in [4.78, 5) is 19.3. The van der Waals surface area contributed by atoms with Gasteiger partial charge >= 0.3 is 0 Å². The Morgan fingerprint density at radius 2 is 2.27 bits per heavy atom. The van der Waals surface area contributed by atoms with Gasteiger partial charge in [0.25, 0.3) is 5.91 Å². The van der Waals surface area contributed by atoms with E-state index in [0.717, 1.165) is 0 Å². The standard InChI is InChI=1S/C9H6ClN3OS/c10-6-1-2-8(11-3-6)13-9(14)7-4-15-5-12-7/h1-5H,(H,11,13,14). The summed E-state index contributed by atoms with van der Waals surface area (Å²) in [6, 6.07) is 3.29. The number of hydrogen-bond donors (Lipinski definition) is 1. The van der Waals surface area contributed by atoms with Gasteiger partial charge in [-0.1, -0.05) is 11.6 Å². The second kappa shape index (κ2) is 4.37. The Kier molecular flexibility index (Phi) is 2.94. The lowest BCUT2D eigenvalue weighted by molar-refractivity contribution is 0.102. The number of pyridine rings is 1. The summed E-state index contributed by atoms with van der Waals surface area (Å²) in [5.74, 6) is 0.184. The minimum Gasteiger partial charge on any atom is -0.305 e. The Morgan fingerprint density at radius 1 is 1.40 bits per heavy atom. The van der Waals surface area contributed by atoms with Crippen molar-refractivity contribution < 1.29 is 4.79 Å². The van der Waals surface area contributed by atoms with Crippen molar-refractivity contribution in [3.05, 3.63) is 39.9 Å². The molecule has 0 fully saturated rings. The van der Waals surface area contributed by atoms with Crippen LogP contribution in [0.25, 0.3) is 0 Å². The second-order valence-electron chi connectivity index (χ2n) is 2.69. The van der Waals surface area contributed by atoms with Gasteiger partial charge in [0.2, 0.25) is 0 Å². The number of hydrogen-bond acceptors (Lipinski definition) is 4. The quantitative estimate of drug-likeness (QED) is 0.876. The fourth-order valence-electron chi connectivity index (χ4n) is 0.955. The molecular weight excluding hydrogens is 234 g/mol. The summed E-state index contributed by atoms with van der Waals surface area (Å²) in [6.07, 6.45) is 1.47. The van der Waals surface area contributed by atoms with E-state index >= 15 is 0 Å². The number of halogens is 1. The highest BCUT2D eigenvalue weighted by Gasteiger charge is 2.07. The maximum atomic E-state index is 11.5. The first-order valence-electron chi connectivity index (χ1n) is 4.07. The van der Waals surface area contributed by atoms with Crippen LogP contribution in [-0.2, 0) is 0 Å². The van der Waals surface area contributed by atoms with Crippen LogP contribution < -0.4 is 5.32 Å². The summed E-state index contributed by atoms with van der Waals surface area (Å²) < 4.78 is 0. The molecule has 0 aromatic carbocycles. The second-order valence-corrected chi connectivity index (χ2v) is 3.84. The highest BCUT2D eigenvalue weighted by atomic mass is 35.5. The normalized spacial score (nSPS) is 9.93. The average molecular weight is 240 g/mol. The van der Waals surface area contributed by atoms with Gasteiger partial charge in [-0.2, -0.15) is 0 Å². The first-order valence-corrected chi connectivity index (χ1v) is 5.39. The number of rotatable bonds is 2. The third-order valence-corrected chi connectivity index (χ3v) is 2.44. The van der Waals surface area contributed by atoms with E-state index in [1.54, 1.807) is 23.0 Å². The number of carbonyl (C=O) groups excluding carboxylic acids is 1. The lowest BCUT2D eigenvalue weighted by Crippen LogP contribution is -2.12. The molecule has 6 heteroatoms. The number of nitrogens with one attached hydrogen (secondary N) is 1. The zero-order chi connectivity index (χ0) is 10.7. The number of nitrogens with zero attached hydrogens (tertiary/aromatic N) is 2. The van der Waals surface area contributed by atoms with Crippen LogP contribution in [0.2, 0.25) is 5.02 Å². The number of aromatic nitrogens is 2. The molecule has 0 bridgehead atoms. The summed E-state index contributed by atoms with van der Waals surface area (Å²) >= 11 is 7.03. The highest BCUT2D eigenvalue weighted by molar-refractivity contribution is 7.07. The van der Waals surface area contributed by atoms with Gasteiger partial charge in [0, 0.05) is 11.6 Å². The molecular formula is C9H6ClN3OS. The predicted octanol–water partition coefficient (Wildman–Crippen LogP) is 2.44. The van der Waals surface area contributed by atoms with E-state index in [0.29, 0.717) is 16.5 Å². The summed E-state index contributed by atoms with van der Waals surface area (Å²) in [6.45, 7) is 0. The minimum absolute atomic E-state index is 0.272. The van der Waals surface area contributed by atoms with Crippen molar-refractivity contribution in [1.29, 1.82) is 0 Å². The first kappa shape index (κ1) is 10.1. The van der Waals surface area contributed by atoms with Gasteiger partial charge in [0.05, 0.1) is 10.5 Å². The molecule has 0 aliphatic heterocycles. The number of thiazole rings is 1. The van der Waals surface area contributed by atoms with E-state index in [1.165, 1.54) is 17.5 Å². The van der Waals surface area contributed by atoms with E-state index in [1.807, 2.05) is 0 Å². The largest absolute Gasteiger partial charge is 0.305 e. The summed E-state index contributed by atoms with van der Waals surface area (Å²) in [5.41, 5.74) is 1.99. The molecule has 2 rings (SSSR count). The fourth-order valence-corrected chi connectivity index (χ4v) is 1.60. The molecule has 2 aromatic heterocycles. The molecule has 4 nitrogen and oxygen atoms in total. The highest BCUT2D eigenvalue weighted by Crippen LogP contribution is 2.10. The molecule has 0 unspecified atom stereocenters. The summed E-state index contributed by atoms with van der Waals surface area (Å²) in [7, 11) is 0. The van der Waals surface area contributed by atoms with Crippen molar-refractivity contribution in [3.8, 4) is 0 Å². The van der Waals surface area contributed by atoms with E-state index < -0.39 is 0 Å². The number of amides is 1. The molecule has 1 amide bonds. The van der Waals surface area contributed by atoms with E-state index in [4.69, 9.17) is 11.6 Å². The van der Waals surface area contributed by atoms with Crippen LogP contribution in [0.1, 0.15) is 10.5 Å². The Bertz CT molecular complexity index is 455. The van der Waals surface area contributed by atoms with E-state index in [-0.39, 0.29) is 5.91 Å². The fraction of sp³-hybridized carbons (Fsp3) is 0. The molecule has 0 saturated heterocycles. The van der Waals surface area contributed by atoms with Gasteiger partial charge in [0.1, 0.15) is 11.5 Å². The lowest BCUT2D eigenvalue weighted by atomic mass is 10.4. The van der Waals surface area contributed by atoms with E-state index in [2.05, 4.69) is 15.3 Å². The maximum Gasteiger partial charge on any atom is 0.276 e. The third kappa shape index (κ3) is 2.51. The van der Waals surface area contributed by atoms with Crippen molar-refractivity contribution in [1.82, 2.24) is 9.97 Å². The van der Waals surface area contributed by atoms with E-state index in [9.17, 15) is 4.79 Å². The van der Waals surface area contributed by atoms with Gasteiger partial charge in [-0.05, 0) is 12.1 Å². The zero-order valence-corrected chi connectivity index (χ0v) is 9.05. The van der Waals surface area contributed by atoms with Crippen LogP contribution in [0.3, 0.4) is 0 Å². The van der Waals surface area contributed by atoms with Crippen LogP contribution >= 0.6 is 22.9 Å². The maximum absolute atomic E-state index is 11.5. The van der Waals surface area contributed by atoms with Gasteiger partial charge in [0.15, 0.2) is 0 Å². The molecule has 2 aromatic rings.